The molecule has 1 saturated carbocycles. The SMILES string of the molecule is CC1(C)CNC2(CCCC2)CN1Cc1cc(F)cc(F)c1. The van der Waals surface area contributed by atoms with Crippen molar-refractivity contribution in [3.05, 3.63) is 35.4 Å². The van der Waals surface area contributed by atoms with E-state index in [1.165, 1.54) is 37.8 Å². The number of piperazine rings is 1. The lowest BCUT2D eigenvalue weighted by atomic mass is 9.87. The molecule has 1 aliphatic carbocycles. The van der Waals surface area contributed by atoms with Crippen LogP contribution < -0.4 is 5.32 Å². The minimum Gasteiger partial charge on any atom is -0.308 e. The van der Waals surface area contributed by atoms with Crippen LogP contribution in [0.3, 0.4) is 0 Å². The van der Waals surface area contributed by atoms with E-state index in [9.17, 15) is 8.78 Å². The molecule has 1 aromatic carbocycles. The highest BCUT2D eigenvalue weighted by molar-refractivity contribution is 5.19. The zero-order valence-electron chi connectivity index (χ0n) is 12.9. The lowest BCUT2D eigenvalue weighted by Gasteiger charge is -2.51. The van der Waals surface area contributed by atoms with Crippen molar-refractivity contribution >= 4 is 0 Å². The van der Waals surface area contributed by atoms with E-state index in [0.29, 0.717) is 6.54 Å². The number of benzene rings is 1. The van der Waals surface area contributed by atoms with Crippen molar-refractivity contribution in [3.8, 4) is 0 Å². The number of hydrogen-bond acceptors (Lipinski definition) is 2. The van der Waals surface area contributed by atoms with Gasteiger partial charge in [0.25, 0.3) is 0 Å². The van der Waals surface area contributed by atoms with Gasteiger partial charge in [-0.05, 0) is 44.4 Å². The van der Waals surface area contributed by atoms with Gasteiger partial charge in [-0.15, -0.1) is 0 Å². The minimum absolute atomic E-state index is 0.00334. The predicted octanol–water partition coefficient (Wildman–Crippen LogP) is 3.46. The summed E-state index contributed by atoms with van der Waals surface area (Å²) in [7, 11) is 0. The van der Waals surface area contributed by atoms with Gasteiger partial charge >= 0.3 is 0 Å². The van der Waals surface area contributed by atoms with Crippen molar-refractivity contribution in [2.24, 2.45) is 0 Å². The van der Waals surface area contributed by atoms with E-state index in [2.05, 4.69) is 24.1 Å². The van der Waals surface area contributed by atoms with Crippen molar-refractivity contribution in [1.82, 2.24) is 10.2 Å². The number of nitrogens with one attached hydrogen (secondary N) is 1. The first-order valence-electron chi connectivity index (χ1n) is 7.84. The molecule has 0 amide bonds. The Morgan fingerprint density at radius 3 is 2.33 bits per heavy atom. The topological polar surface area (TPSA) is 15.3 Å². The van der Waals surface area contributed by atoms with Gasteiger partial charge in [0, 0.05) is 36.8 Å². The van der Waals surface area contributed by atoms with E-state index in [1.54, 1.807) is 0 Å². The van der Waals surface area contributed by atoms with Gasteiger partial charge in [-0.1, -0.05) is 12.8 Å². The summed E-state index contributed by atoms with van der Waals surface area (Å²) in [5.41, 5.74) is 0.925. The van der Waals surface area contributed by atoms with Crippen LogP contribution in [-0.2, 0) is 6.54 Å². The third-order valence-electron chi connectivity index (χ3n) is 5.10. The van der Waals surface area contributed by atoms with Crippen molar-refractivity contribution in [3.63, 3.8) is 0 Å². The molecule has 2 fully saturated rings. The largest absolute Gasteiger partial charge is 0.308 e. The quantitative estimate of drug-likeness (QED) is 0.898. The molecule has 1 N–H and O–H groups in total. The summed E-state index contributed by atoms with van der Waals surface area (Å²) >= 11 is 0. The molecule has 3 rings (SSSR count). The van der Waals surface area contributed by atoms with Gasteiger partial charge in [-0.25, -0.2) is 8.78 Å². The summed E-state index contributed by atoms with van der Waals surface area (Å²) in [6.07, 6.45) is 4.96. The molecule has 0 bridgehead atoms. The van der Waals surface area contributed by atoms with Gasteiger partial charge < -0.3 is 5.32 Å². The van der Waals surface area contributed by atoms with Crippen molar-refractivity contribution < 1.29 is 8.78 Å². The first kappa shape index (κ1) is 14.9. The first-order valence-corrected chi connectivity index (χ1v) is 7.84. The van der Waals surface area contributed by atoms with Crippen LogP contribution in [-0.4, -0.2) is 29.1 Å². The third kappa shape index (κ3) is 3.11. The molecule has 21 heavy (non-hydrogen) atoms. The molecule has 1 aliphatic heterocycles. The molecule has 1 aromatic rings. The van der Waals surface area contributed by atoms with E-state index in [4.69, 9.17) is 0 Å². The fourth-order valence-electron chi connectivity index (χ4n) is 3.73. The Balaban J connectivity index is 1.80. The van der Waals surface area contributed by atoms with Crippen molar-refractivity contribution in [2.75, 3.05) is 13.1 Å². The van der Waals surface area contributed by atoms with E-state index in [1.807, 2.05) is 0 Å². The fourth-order valence-corrected chi connectivity index (χ4v) is 3.73. The normalized spacial score (nSPS) is 24.6. The summed E-state index contributed by atoms with van der Waals surface area (Å²) in [5, 5.41) is 3.73. The summed E-state index contributed by atoms with van der Waals surface area (Å²) < 4.78 is 26.8. The molecular weight excluding hydrogens is 270 g/mol. The van der Waals surface area contributed by atoms with Gasteiger partial charge in [0.2, 0.25) is 0 Å². The van der Waals surface area contributed by atoms with Gasteiger partial charge in [0.15, 0.2) is 0 Å². The lowest BCUT2D eigenvalue weighted by Crippen LogP contribution is -2.66. The second kappa shape index (κ2) is 5.33. The van der Waals surface area contributed by atoms with E-state index >= 15 is 0 Å². The first-order chi connectivity index (χ1) is 9.89. The second-order valence-corrected chi connectivity index (χ2v) is 7.29. The second-order valence-electron chi connectivity index (χ2n) is 7.29. The summed E-state index contributed by atoms with van der Waals surface area (Å²) in [6.45, 7) is 6.86. The van der Waals surface area contributed by atoms with Crippen LogP contribution in [0.25, 0.3) is 0 Å². The average Bonchev–Trinajstić information content (AvgIpc) is 2.82. The van der Waals surface area contributed by atoms with E-state index in [-0.39, 0.29) is 11.1 Å². The summed E-state index contributed by atoms with van der Waals surface area (Å²) in [4.78, 5) is 2.38. The molecule has 116 valence electrons. The standard InChI is InChI=1S/C17H24F2N2/c1-16(2)11-20-17(5-3-4-6-17)12-21(16)10-13-7-14(18)9-15(19)8-13/h7-9,20H,3-6,10-12H2,1-2H3. The predicted molar refractivity (Wildman–Crippen MR) is 80.0 cm³/mol. The Kier molecular flexibility index (Phi) is 3.78. The Hall–Kier alpha value is -1.00. The molecular formula is C17H24F2N2. The van der Waals surface area contributed by atoms with Crippen LogP contribution in [0.4, 0.5) is 8.78 Å². The number of nitrogens with zero attached hydrogens (tertiary/aromatic N) is 1. The molecule has 2 nitrogen and oxygen atoms in total. The van der Waals surface area contributed by atoms with Gasteiger partial charge in [0.05, 0.1) is 0 Å². The number of halogens is 2. The third-order valence-corrected chi connectivity index (χ3v) is 5.10. The highest BCUT2D eigenvalue weighted by Gasteiger charge is 2.43. The van der Waals surface area contributed by atoms with Gasteiger partial charge in [-0.3, -0.25) is 4.90 Å². The summed E-state index contributed by atoms with van der Waals surface area (Å²) in [5.74, 6) is -0.984. The minimum atomic E-state index is -0.492. The number of hydrogen-bond donors (Lipinski definition) is 1. The Morgan fingerprint density at radius 1 is 1.10 bits per heavy atom. The van der Waals surface area contributed by atoms with Crippen LogP contribution >= 0.6 is 0 Å². The van der Waals surface area contributed by atoms with Crippen LogP contribution in [0.1, 0.15) is 45.1 Å². The smallest absolute Gasteiger partial charge is 0.126 e. The molecule has 1 saturated heterocycles. The Morgan fingerprint density at radius 2 is 1.71 bits per heavy atom. The fraction of sp³-hybridized carbons (Fsp3) is 0.647. The summed E-state index contributed by atoms with van der Waals surface area (Å²) in [6, 6.07) is 3.83. The highest BCUT2D eigenvalue weighted by Crippen LogP contribution is 2.36. The average molecular weight is 294 g/mol. The molecule has 0 radical (unpaired) electrons. The van der Waals surface area contributed by atoms with E-state index < -0.39 is 11.6 Å². The Bertz CT molecular complexity index is 501. The van der Waals surface area contributed by atoms with Crippen molar-refractivity contribution in [2.45, 2.75) is 57.2 Å². The zero-order chi connectivity index (χ0) is 15.1. The Labute approximate surface area is 125 Å². The molecule has 0 aromatic heterocycles. The maximum Gasteiger partial charge on any atom is 0.126 e. The lowest BCUT2D eigenvalue weighted by molar-refractivity contribution is 0.0216. The van der Waals surface area contributed by atoms with Gasteiger partial charge in [-0.2, -0.15) is 0 Å². The van der Waals surface area contributed by atoms with Crippen LogP contribution in [0.5, 0.6) is 0 Å². The molecule has 2 aliphatic rings. The molecule has 1 heterocycles. The highest BCUT2D eigenvalue weighted by atomic mass is 19.1. The van der Waals surface area contributed by atoms with Crippen LogP contribution in [0.2, 0.25) is 0 Å². The van der Waals surface area contributed by atoms with Crippen LogP contribution in [0, 0.1) is 11.6 Å². The maximum absolute atomic E-state index is 13.4. The molecule has 4 heteroatoms. The van der Waals surface area contributed by atoms with E-state index in [0.717, 1.165) is 24.7 Å². The maximum atomic E-state index is 13.4. The molecule has 0 unspecified atom stereocenters. The van der Waals surface area contributed by atoms with Crippen molar-refractivity contribution in [1.29, 1.82) is 0 Å². The zero-order valence-corrected chi connectivity index (χ0v) is 12.9. The number of rotatable bonds is 2. The molecule has 0 atom stereocenters. The van der Waals surface area contributed by atoms with Crippen LogP contribution in [0.15, 0.2) is 18.2 Å². The monoisotopic (exact) mass is 294 g/mol. The molecule has 1 spiro atoms. The van der Waals surface area contributed by atoms with Gasteiger partial charge in [0.1, 0.15) is 11.6 Å².